The molecule has 1 aliphatic heterocycles. The first kappa shape index (κ1) is 15.3. The lowest BCUT2D eigenvalue weighted by Crippen LogP contribution is -2.42. The molecule has 4 nitrogen and oxygen atoms in total. The van der Waals surface area contributed by atoms with E-state index >= 15 is 0 Å². The van der Waals surface area contributed by atoms with Gasteiger partial charge in [-0.15, -0.1) is 0 Å². The fourth-order valence-electron chi connectivity index (χ4n) is 2.86. The van der Waals surface area contributed by atoms with Crippen LogP contribution in [0.15, 0.2) is 52.8 Å². The van der Waals surface area contributed by atoms with E-state index in [9.17, 15) is 0 Å². The number of hydrogen-bond acceptors (Lipinski definition) is 5. The third-order valence-corrected chi connectivity index (χ3v) is 5.10. The van der Waals surface area contributed by atoms with Gasteiger partial charge in [0.1, 0.15) is 0 Å². The molecule has 116 valence electrons. The molecule has 0 saturated carbocycles. The number of para-hydroxylation sites is 1. The van der Waals surface area contributed by atoms with Crippen molar-refractivity contribution < 1.29 is 0 Å². The summed E-state index contributed by atoms with van der Waals surface area (Å²) in [6, 6.07) is 11.1. The smallest absolute Gasteiger partial charge is 0.192 e. The molecule has 22 heavy (non-hydrogen) atoms. The SMILES string of the molecule is CN(C)C1CCN(c2ccccc2Sc2ncccn2)CC1. The van der Waals surface area contributed by atoms with E-state index in [2.05, 4.69) is 58.1 Å². The van der Waals surface area contributed by atoms with Crippen molar-refractivity contribution in [2.45, 2.75) is 28.9 Å². The van der Waals surface area contributed by atoms with Crippen molar-refractivity contribution in [2.24, 2.45) is 0 Å². The quantitative estimate of drug-likeness (QED) is 0.810. The highest BCUT2D eigenvalue weighted by Crippen LogP contribution is 2.34. The average molecular weight is 314 g/mol. The molecule has 0 atom stereocenters. The Bertz CT molecular complexity index is 595. The molecule has 3 rings (SSSR count). The molecule has 0 bridgehead atoms. The van der Waals surface area contributed by atoms with Gasteiger partial charge in [0.15, 0.2) is 5.16 Å². The van der Waals surface area contributed by atoms with Gasteiger partial charge >= 0.3 is 0 Å². The standard InChI is InChI=1S/C17H22N4S/c1-20(2)14-8-12-21(13-9-14)15-6-3-4-7-16(15)22-17-18-10-5-11-19-17/h3-7,10-11,14H,8-9,12-13H2,1-2H3. The molecule has 1 fully saturated rings. The zero-order valence-electron chi connectivity index (χ0n) is 13.1. The van der Waals surface area contributed by atoms with Crippen LogP contribution in [0.25, 0.3) is 0 Å². The first-order valence-electron chi connectivity index (χ1n) is 7.69. The Morgan fingerprint density at radius 1 is 1.05 bits per heavy atom. The predicted octanol–water partition coefficient (Wildman–Crippen LogP) is 3.16. The third kappa shape index (κ3) is 3.59. The van der Waals surface area contributed by atoms with Crippen molar-refractivity contribution in [3.8, 4) is 0 Å². The summed E-state index contributed by atoms with van der Waals surface area (Å²) in [6.45, 7) is 2.21. The van der Waals surface area contributed by atoms with Gasteiger partial charge < -0.3 is 9.80 Å². The number of rotatable bonds is 4. The Hall–Kier alpha value is -1.59. The maximum absolute atomic E-state index is 4.32. The van der Waals surface area contributed by atoms with E-state index in [4.69, 9.17) is 0 Å². The highest BCUT2D eigenvalue weighted by molar-refractivity contribution is 7.99. The molecule has 5 heteroatoms. The zero-order valence-corrected chi connectivity index (χ0v) is 14.0. The molecule has 1 aromatic heterocycles. The van der Waals surface area contributed by atoms with Gasteiger partial charge in [0, 0.05) is 36.4 Å². The molecule has 2 aromatic rings. The minimum Gasteiger partial charge on any atom is -0.371 e. The summed E-state index contributed by atoms with van der Waals surface area (Å²) in [5.74, 6) is 0. The molecule has 0 N–H and O–H groups in total. The van der Waals surface area contributed by atoms with Crippen molar-refractivity contribution in [3.05, 3.63) is 42.7 Å². The minimum atomic E-state index is 0.702. The van der Waals surface area contributed by atoms with Gasteiger partial charge in [0.2, 0.25) is 0 Å². The van der Waals surface area contributed by atoms with Crippen molar-refractivity contribution in [2.75, 3.05) is 32.1 Å². The van der Waals surface area contributed by atoms with Gasteiger partial charge in [-0.2, -0.15) is 0 Å². The van der Waals surface area contributed by atoms with Crippen molar-refractivity contribution >= 4 is 17.4 Å². The minimum absolute atomic E-state index is 0.702. The molecule has 0 radical (unpaired) electrons. The highest BCUT2D eigenvalue weighted by Gasteiger charge is 2.22. The molecule has 2 heterocycles. The molecule has 0 aliphatic carbocycles. The second-order valence-corrected chi connectivity index (χ2v) is 6.79. The number of anilines is 1. The largest absolute Gasteiger partial charge is 0.371 e. The maximum Gasteiger partial charge on any atom is 0.192 e. The predicted molar refractivity (Wildman–Crippen MR) is 91.5 cm³/mol. The molecule has 0 amide bonds. The van der Waals surface area contributed by atoms with Crippen LogP contribution in [0.1, 0.15) is 12.8 Å². The number of aromatic nitrogens is 2. The van der Waals surface area contributed by atoms with E-state index in [1.165, 1.54) is 23.4 Å². The van der Waals surface area contributed by atoms with E-state index < -0.39 is 0 Å². The first-order valence-corrected chi connectivity index (χ1v) is 8.51. The van der Waals surface area contributed by atoms with Crippen LogP contribution in [-0.4, -0.2) is 48.1 Å². The Morgan fingerprint density at radius 2 is 1.73 bits per heavy atom. The van der Waals surface area contributed by atoms with Crippen LogP contribution in [0.5, 0.6) is 0 Å². The summed E-state index contributed by atoms with van der Waals surface area (Å²) in [7, 11) is 4.35. The van der Waals surface area contributed by atoms with Gasteiger partial charge in [-0.1, -0.05) is 12.1 Å². The van der Waals surface area contributed by atoms with Crippen LogP contribution in [-0.2, 0) is 0 Å². The lowest BCUT2D eigenvalue weighted by atomic mass is 10.0. The molecule has 0 unspecified atom stereocenters. The van der Waals surface area contributed by atoms with Crippen LogP contribution in [0.2, 0.25) is 0 Å². The van der Waals surface area contributed by atoms with Gasteiger partial charge in [-0.25, -0.2) is 9.97 Å². The number of nitrogens with zero attached hydrogens (tertiary/aromatic N) is 4. The zero-order chi connectivity index (χ0) is 15.4. The van der Waals surface area contributed by atoms with Crippen molar-refractivity contribution in [3.63, 3.8) is 0 Å². The van der Waals surface area contributed by atoms with Crippen LogP contribution in [0.3, 0.4) is 0 Å². The summed E-state index contributed by atoms with van der Waals surface area (Å²) in [5.41, 5.74) is 1.30. The summed E-state index contributed by atoms with van der Waals surface area (Å²) in [5, 5.41) is 0.804. The second-order valence-electron chi connectivity index (χ2n) is 5.78. The number of piperidine rings is 1. The Kier molecular flexibility index (Phi) is 4.95. The second kappa shape index (κ2) is 7.11. The third-order valence-electron chi connectivity index (χ3n) is 4.14. The fraction of sp³-hybridized carbons (Fsp3) is 0.412. The van der Waals surface area contributed by atoms with Gasteiger partial charge in [-0.3, -0.25) is 0 Å². The first-order chi connectivity index (χ1) is 10.7. The fourth-order valence-corrected chi connectivity index (χ4v) is 3.74. The Morgan fingerprint density at radius 3 is 2.41 bits per heavy atom. The molecule has 1 aliphatic rings. The molecular formula is C17H22N4S. The van der Waals surface area contributed by atoms with E-state index in [0.29, 0.717) is 6.04 Å². The van der Waals surface area contributed by atoms with E-state index in [1.807, 2.05) is 6.07 Å². The van der Waals surface area contributed by atoms with Crippen molar-refractivity contribution in [1.82, 2.24) is 14.9 Å². The summed E-state index contributed by atoms with van der Waals surface area (Å²) in [4.78, 5) is 14.7. The van der Waals surface area contributed by atoms with Crippen LogP contribution in [0, 0.1) is 0 Å². The molecular weight excluding hydrogens is 292 g/mol. The number of hydrogen-bond donors (Lipinski definition) is 0. The summed E-state index contributed by atoms with van der Waals surface area (Å²) in [6.07, 6.45) is 6.02. The van der Waals surface area contributed by atoms with E-state index in [1.54, 1.807) is 24.2 Å². The topological polar surface area (TPSA) is 32.3 Å². The lowest BCUT2D eigenvalue weighted by Gasteiger charge is -2.37. The van der Waals surface area contributed by atoms with E-state index in [0.717, 1.165) is 18.2 Å². The maximum atomic E-state index is 4.32. The van der Waals surface area contributed by atoms with Gasteiger partial charge in [0.25, 0.3) is 0 Å². The van der Waals surface area contributed by atoms with E-state index in [-0.39, 0.29) is 0 Å². The van der Waals surface area contributed by atoms with Gasteiger partial charge in [0.05, 0.1) is 5.69 Å². The number of benzene rings is 1. The summed E-state index contributed by atoms with van der Waals surface area (Å²) >= 11 is 1.64. The molecule has 1 aromatic carbocycles. The van der Waals surface area contributed by atoms with Crippen LogP contribution in [0.4, 0.5) is 5.69 Å². The van der Waals surface area contributed by atoms with Crippen LogP contribution < -0.4 is 4.90 Å². The summed E-state index contributed by atoms with van der Waals surface area (Å²) < 4.78 is 0. The Balaban J connectivity index is 1.75. The average Bonchev–Trinajstić information content (AvgIpc) is 2.56. The molecule has 1 saturated heterocycles. The van der Waals surface area contributed by atoms with Gasteiger partial charge in [-0.05, 0) is 56.9 Å². The highest BCUT2D eigenvalue weighted by atomic mass is 32.2. The van der Waals surface area contributed by atoms with Crippen molar-refractivity contribution in [1.29, 1.82) is 0 Å². The lowest BCUT2D eigenvalue weighted by molar-refractivity contribution is 0.249. The molecule has 0 spiro atoms. The Labute approximate surface area is 136 Å². The monoisotopic (exact) mass is 314 g/mol. The normalized spacial score (nSPS) is 16.2. The van der Waals surface area contributed by atoms with Crippen LogP contribution >= 0.6 is 11.8 Å².